The van der Waals surface area contributed by atoms with E-state index in [1.807, 2.05) is 11.9 Å². The number of nitro benzene ring substituents is 1. The minimum atomic E-state index is -4.81. The van der Waals surface area contributed by atoms with Gasteiger partial charge in [0.25, 0.3) is 11.2 Å². The molecular formula is C21H25F3N6O4S. The first-order valence-corrected chi connectivity index (χ1v) is 11.9. The van der Waals surface area contributed by atoms with Crippen molar-refractivity contribution in [1.29, 1.82) is 0 Å². The Kier molecular flexibility index (Phi) is 7.24. The first-order chi connectivity index (χ1) is 16.6. The Labute approximate surface area is 202 Å². The van der Waals surface area contributed by atoms with Crippen molar-refractivity contribution in [2.75, 3.05) is 45.2 Å². The summed E-state index contributed by atoms with van der Waals surface area (Å²) >= 11 is 0.873. The van der Waals surface area contributed by atoms with Gasteiger partial charge in [-0.2, -0.15) is 18.2 Å². The molecule has 35 heavy (non-hydrogen) atoms. The van der Waals surface area contributed by atoms with Crippen molar-refractivity contribution < 1.29 is 22.9 Å². The van der Waals surface area contributed by atoms with Gasteiger partial charge in [0.1, 0.15) is 11.8 Å². The highest BCUT2D eigenvalue weighted by Crippen LogP contribution is 2.38. The maximum Gasteiger partial charge on any atom is 0.416 e. The lowest BCUT2D eigenvalue weighted by Crippen LogP contribution is -2.56. The van der Waals surface area contributed by atoms with E-state index in [4.69, 9.17) is 4.84 Å². The van der Waals surface area contributed by atoms with Gasteiger partial charge in [-0.25, -0.2) is 10.0 Å². The number of nitrogens with zero attached hydrogens (tertiary/aromatic N) is 6. The first kappa shape index (κ1) is 25.3. The molecule has 0 bridgehead atoms. The Morgan fingerprint density at radius 3 is 2.46 bits per heavy atom. The average molecular weight is 515 g/mol. The number of halogens is 3. The number of hydrogen-bond donors (Lipinski definition) is 0. The van der Waals surface area contributed by atoms with Gasteiger partial charge in [0.15, 0.2) is 5.13 Å². The molecule has 1 saturated heterocycles. The number of hydrazine groups is 1. The van der Waals surface area contributed by atoms with Crippen LogP contribution >= 0.6 is 11.3 Å². The number of hydrogen-bond acceptors (Lipinski definition) is 10. The predicted octanol–water partition coefficient (Wildman–Crippen LogP) is 3.50. The molecule has 1 aromatic heterocycles. The molecule has 4 rings (SSSR count). The number of benzene rings is 1. The number of piperazine rings is 1. The molecule has 0 spiro atoms. The minimum absolute atomic E-state index is 0.103. The average Bonchev–Trinajstić information content (AvgIpc) is 2.83. The van der Waals surface area contributed by atoms with Crippen LogP contribution in [0.5, 0.6) is 0 Å². The van der Waals surface area contributed by atoms with Crippen molar-refractivity contribution in [2.24, 2.45) is 5.16 Å². The number of anilines is 1. The standard InChI is InChI=1S/C21H25F3N6O4S/c1-27(15-5-3-14(4-6-15)26-34-2)29-9-7-28(8-10-29)20-25-19(31)16-11-13(21(22,23)24)12-17(30(32)33)18(16)35-20/h11-12,15H,3-10H2,1-2H3. The van der Waals surface area contributed by atoms with Gasteiger partial charge >= 0.3 is 6.18 Å². The van der Waals surface area contributed by atoms with Gasteiger partial charge in [0.2, 0.25) is 0 Å². The molecule has 2 fully saturated rings. The van der Waals surface area contributed by atoms with Gasteiger partial charge in [0, 0.05) is 45.3 Å². The summed E-state index contributed by atoms with van der Waals surface area (Å²) in [5.41, 5.74) is -1.82. The van der Waals surface area contributed by atoms with Crippen molar-refractivity contribution >= 4 is 38.0 Å². The molecule has 2 aromatic rings. The molecular weight excluding hydrogens is 489 g/mol. The third kappa shape index (κ3) is 5.38. The largest absolute Gasteiger partial charge is 0.416 e. The van der Waals surface area contributed by atoms with Crippen molar-refractivity contribution in [3.63, 3.8) is 0 Å². The number of aromatic nitrogens is 1. The molecule has 190 valence electrons. The van der Waals surface area contributed by atoms with Gasteiger partial charge in [0.05, 0.1) is 21.6 Å². The summed E-state index contributed by atoms with van der Waals surface area (Å²) in [5.74, 6) is 0. The normalized spacial score (nSPS) is 19.9. The molecule has 0 N–H and O–H groups in total. The Hall–Kier alpha value is -2.84. The van der Waals surface area contributed by atoms with E-state index in [1.54, 1.807) is 7.11 Å². The van der Waals surface area contributed by atoms with Crippen molar-refractivity contribution in [3.8, 4) is 0 Å². The zero-order valence-corrected chi connectivity index (χ0v) is 20.1. The highest BCUT2D eigenvalue weighted by atomic mass is 32.1. The number of fused-ring (bicyclic) bond motifs is 1. The summed E-state index contributed by atoms with van der Waals surface area (Å²) in [6.45, 7) is 2.36. The summed E-state index contributed by atoms with van der Waals surface area (Å²) in [4.78, 5) is 33.9. The van der Waals surface area contributed by atoms with Crippen LogP contribution in [0.4, 0.5) is 24.0 Å². The van der Waals surface area contributed by atoms with E-state index in [0.29, 0.717) is 44.4 Å². The van der Waals surface area contributed by atoms with Crippen LogP contribution in [0.1, 0.15) is 31.2 Å². The fourth-order valence-corrected chi connectivity index (χ4v) is 5.66. The summed E-state index contributed by atoms with van der Waals surface area (Å²) in [5, 5.41) is 19.9. The topological polar surface area (TPSA) is 104 Å². The zero-order valence-electron chi connectivity index (χ0n) is 19.2. The third-order valence-corrected chi connectivity index (χ3v) is 7.63. The molecule has 0 atom stereocenters. The molecule has 0 amide bonds. The lowest BCUT2D eigenvalue weighted by Gasteiger charge is -2.44. The van der Waals surface area contributed by atoms with E-state index in [9.17, 15) is 28.1 Å². The Morgan fingerprint density at radius 1 is 1.23 bits per heavy atom. The van der Waals surface area contributed by atoms with Crippen LogP contribution in [0.15, 0.2) is 22.1 Å². The predicted molar refractivity (Wildman–Crippen MR) is 126 cm³/mol. The van der Waals surface area contributed by atoms with E-state index in [-0.39, 0.29) is 9.83 Å². The van der Waals surface area contributed by atoms with E-state index in [0.717, 1.165) is 42.7 Å². The number of rotatable bonds is 5. The Bertz CT molecular complexity index is 1190. The maximum absolute atomic E-state index is 13.2. The third-order valence-electron chi connectivity index (χ3n) is 6.47. The van der Waals surface area contributed by atoms with Gasteiger partial charge in [-0.05, 0) is 31.7 Å². The SMILES string of the molecule is CON=C1CCC(N(C)N2CCN(c3nc(=O)c4cc(C(F)(F)F)cc([N+](=O)[O-])c4s3)CC2)CC1. The van der Waals surface area contributed by atoms with Gasteiger partial charge in [-0.15, -0.1) is 0 Å². The summed E-state index contributed by atoms with van der Waals surface area (Å²) in [7, 11) is 3.59. The van der Waals surface area contributed by atoms with E-state index in [1.165, 1.54) is 0 Å². The number of nitro groups is 1. The molecule has 2 heterocycles. The van der Waals surface area contributed by atoms with Gasteiger partial charge in [-0.3, -0.25) is 14.9 Å². The lowest BCUT2D eigenvalue weighted by atomic mass is 9.93. The molecule has 2 aliphatic rings. The molecule has 14 heteroatoms. The zero-order chi connectivity index (χ0) is 25.3. The number of oxime groups is 1. The fraction of sp³-hybridized carbons (Fsp3) is 0.571. The monoisotopic (exact) mass is 514 g/mol. The molecule has 1 aliphatic heterocycles. The second-order valence-corrected chi connectivity index (χ2v) is 9.49. The van der Waals surface area contributed by atoms with Crippen molar-refractivity contribution in [1.82, 2.24) is 15.0 Å². The molecule has 1 aromatic carbocycles. The molecule has 1 aliphatic carbocycles. The highest BCUT2D eigenvalue weighted by molar-refractivity contribution is 7.22. The fourth-order valence-electron chi connectivity index (χ4n) is 4.54. The quantitative estimate of drug-likeness (QED) is 0.441. The smallest absolute Gasteiger partial charge is 0.399 e. The summed E-state index contributed by atoms with van der Waals surface area (Å²) in [6, 6.07) is 1.48. The molecule has 10 nitrogen and oxygen atoms in total. The lowest BCUT2D eigenvalue weighted by molar-refractivity contribution is -0.383. The van der Waals surface area contributed by atoms with E-state index in [2.05, 4.69) is 20.2 Å². The molecule has 1 saturated carbocycles. The van der Waals surface area contributed by atoms with Gasteiger partial charge < -0.3 is 9.74 Å². The summed E-state index contributed by atoms with van der Waals surface area (Å²) < 4.78 is 39.4. The first-order valence-electron chi connectivity index (χ1n) is 11.1. The summed E-state index contributed by atoms with van der Waals surface area (Å²) in [6.07, 6.45) is -1.11. The van der Waals surface area contributed by atoms with E-state index >= 15 is 0 Å². The maximum atomic E-state index is 13.2. The molecule has 0 unspecified atom stereocenters. The van der Waals surface area contributed by atoms with Gasteiger partial charge in [-0.1, -0.05) is 16.5 Å². The number of alkyl halides is 3. The second kappa shape index (κ2) is 10.0. The van der Waals surface area contributed by atoms with E-state index < -0.39 is 33.3 Å². The highest BCUT2D eigenvalue weighted by Gasteiger charge is 2.35. The van der Waals surface area contributed by atoms with Crippen LogP contribution < -0.4 is 10.5 Å². The Morgan fingerprint density at radius 2 is 1.89 bits per heavy atom. The van der Waals surface area contributed by atoms with Crippen LogP contribution in [0, 0.1) is 10.1 Å². The second-order valence-electron chi connectivity index (χ2n) is 8.51. The molecule has 0 radical (unpaired) electrons. The van der Waals surface area contributed by atoms with Crippen LogP contribution in [0.3, 0.4) is 0 Å². The minimum Gasteiger partial charge on any atom is -0.399 e. The van der Waals surface area contributed by atoms with Crippen molar-refractivity contribution in [3.05, 3.63) is 38.2 Å². The van der Waals surface area contributed by atoms with Crippen LogP contribution in [-0.2, 0) is 11.0 Å². The Balaban J connectivity index is 1.50. The van der Waals surface area contributed by atoms with Crippen LogP contribution in [-0.4, -0.2) is 72.0 Å². The van der Waals surface area contributed by atoms with Crippen molar-refractivity contribution in [2.45, 2.75) is 37.9 Å². The number of non-ortho nitro benzene ring substituents is 1. The van der Waals surface area contributed by atoms with Crippen LogP contribution in [0.2, 0.25) is 0 Å². The van der Waals surface area contributed by atoms with Crippen LogP contribution in [0.25, 0.3) is 10.1 Å².